The number of β-lactam (4-membered cyclic amide) rings is 1. The molecular formula is C22H33N5O6S. The summed E-state index contributed by atoms with van der Waals surface area (Å²) in [5.74, 6) is -2.62. The summed E-state index contributed by atoms with van der Waals surface area (Å²) >= 11 is 1.43. The number of primary amides is 1. The highest BCUT2D eigenvalue weighted by Gasteiger charge is 2.60. The molecule has 188 valence electrons. The Morgan fingerprint density at radius 2 is 1.97 bits per heavy atom. The SMILES string of the molecule is C[C@@H](O)[C@H]1C(=O)N2C(C(=O)O)=C(S[C@@H]3CN[C@H](C(=O)N4CCCN(CC(N)=O)CC4)C3)[C@H](C)[C@H]12. The second kappa shape index (κ2) is 9.84. The molecule has 4 rings (SSSR count). The van der Waals surface area contributed by atoms with Crippen molar-refractivity contribution in [2.75, 3.05) is 39.3 Å². The van der Waals surface area contributed by atoms with E-state index in [0.717, 1.165) is 13.0 Å². The summed E-state index contributed by atoms with van der Waals surface area (Å²) in [6, 6.07) is -0.692. The van der Waals surface area contributed by atoms with Crippen molar-refractivity contribution in [3.05, 3.63) is 10.6 Å². The first-order valence-corrected chi connectivity index (χ1v) is 12.7. The van der Waals surface area contributed by atoms with E-state index in [2.05, 4.69) is 5.32 Å². The maximum atomic E-state index is 13.1. The Morgan fingerprint density at radius 3 is 2.62 bits per heavy atom. The lowest BCUT2D eigenvalue weighted by Gasteiger charge is -2.46. The minimum atomic E-state index is -1.14. The second-order valence-electron chi connectivity index (χ2n) is 9.63. The maximum absolute atomic E-state index is 13.1. The third kappa shape index (κ3) is 4.56. The van der Waals surface area contributed by atoms with Crippen LogP contribution in [0, 0.1) is 11.8 Å². The number of carbonyl (C=O) groups is 4. The molecule has 0 aromatic carbocycles. The molecule has 4 heterocycles. The molecule has 0 radical (unpaired) electrons. The Hall–Kier alpha value is -2.15. The molecule has 0 aromatic heterocycles. The van der Waals surface area contributed by atoms with E-state index in [4.69, 9.17) is 5.73 Å². The van der Waals surface area contributed by atoms with Gasteiger partial charge >= 0.3 is 5.97 Å². The largest absolute Gasteiger partial charge is 0.477 e. The number of nitrogens with two attached hydrogens (primary N) is 1. The number of fused-ring (bicyclic) bond motifs is 1. The monoisotopic (exact) mass is 495 g/mol. The first-order valence-electron chi connectivity index (χ1n) is 11.8. The van der Waals surface area contributed by atoms with Gasteiger partial charge in [0.1, 0.15) is 5.70 Å². The minimum Gasteiger partial charge on any atom is -0.477 e. The van der Waals surface area contributed by atoms with Crippen molar-refractivity contribution in [1.29, 1.82) is 0 Å². The van der Waals surface area contributed by atoms with E-state index in [1.807, 2.05) is 16.7 Å². The highest BCUT2D eigenvalue weighted by molar-refractivity contribution is 8.03. The highest BCUT2D eigenvalue weighted by Crippen LogP contribution is 2.51. The molecule has 0 saturated carbocycles. The summed E-state index contributed by atoms with van der Waals surface area (Å²) in [6.45, 7) is 6.69. The first kappa shape index (κ1) is 25.0. The van der Waals surface area contributed by atoms with Gasteiger partial charge in [0.25, 0.3) is 0 Å². The van der Waals surface area contributed by atoms with Crippen molar-refractivity contribution in [2.24, 2.45) is 17.6 Å². The smallest absolute Gasteiger partial charge is 0.353 e. The van der Waals surface area contributed by atoms with E-state index in [0.29, 0.717) is 37.5 Å². The van der Waals surface area contributed by atoms with Gasteiger partial charge in [-0.15, -0.1) is 11.8 Å². The number of carboxylic acid groups (broad SMARTS) is 1. The summed E-state index contributed by atoms with van der Waals surface area (Å²) in [5.41, 5.74) is 5.31. The number of aliphatic hydroxyl groups is 1. The molecule has 3 fully saturated rings. The van der Waals surface area contributed by atoms with Gasteiger partial charge in [0.05, 0.1) is 30.7 Å². The van der Waals surface area contributed by atoms with E-state index in [9.17, 15) is 29.4 Å². The predicted octanol–water partition coefficient (Wildman–Crippen LogP) is -1.38. The summed E-state index contributed by atoms with van der Waals surface area (Å²) in [6.07, 6.45) is 0.497. The molecule has 0 unspecified atom stereocenters. The van der Waals surface area contributed by atoms with Crippen molar-refractivity contribution >= 4 is 35.5 Å². The first-order chi connectivity index (χ1) is 16.1. The molecule has 4 aliphatic rings. The highest BCUT2D eigenvalue weighted by atomic mass is 32.2. The van der Waals surface area contributed by atoms with Crippen molar-refractivity contribution in [3.63, 3.8) is 0 Å². The van der Waals surface area contributed by atoms with Crippen LogP contribution < -0.4 is 11.1 Å². The molecular weight excluding hydrogens is 462 g/mol. The number of nitrogens with one attached hydrogen (secondary N) is 1. The number of hydrogen-bond acceptors (Lipinski definition) is 8. The number of hydrogen-bond donors (Lipinski definition) is 4. The van der Waals surface area contributed by atoms with Gasteiger partial charge in [-0.25, -0.2) is 4.79 Å². The average Bonchev–Trinajstić information content (AvgIpc) is 3.22. The number of aliphatic carboxylic acids is 1. The fourth-order valence-corrected chi connectivity index (χ4v) is 7.11. The van der Waals surface area contributed by atoms with E-state index in [-0.39, 0.29) is 53.2 Å². The van der Waals surface area contributed by atoms with Crippen LogP contribution in [0.15, 0.2) is 10.6 Å². The number of aliphatic hydroxyl groups excluding tert-OH is 1. The van der Waals surface area contributed by atoms with Gasteiger partial charge < -0.3 is 31.1 Å². The van der Waals surface area contributed by atoms with Crippen molar-refractivity contribution in [2.45, 2.75) is 50.1 Å². The molecule has 12 heteroatoms. The normalized spacial score (nSPS) is 32.9. The third-order valence-corrected chi connectivity index (χ3v) is 8.78. The zero-order valence-electron chi connectivity index (χ0n) is 19.5. The number of nitrogens with zero attached hydrogens (tertiary/aromatic N) is 3. The van der Waals surface area contributed by atoms with E-state index in [1.54, 1.807) is 6.92 Å². The Kier molecular flexibility index (Phi) is 7.22. The zero-order chi connectivity index (χ0) is 24.7. The fraction of sp³-hybridized carbons (Fsp3) is 0.727. The predicted molar refractivity (Wildman–Crippen MR) is 124 cm³/mol. The quantitative estimate of drug-likeness (QED) is 0.313. The summed E-state index contributed by atoms with van der Waals surface area (Å²) in [5, 5.41) is 23.1. The van der Waals surface area contributed by atoms with Crippen LogP contribution in [0.5, 0.6) is 0 Å². The third-order valence-electron chi connectivity index (χ3n) is 7.27. The number of rotatable bonds is 7. The number of carboxylic acids is 1. The van der Waals surface area contributed by atoms with Gasteiger partial charge in [0, 0.05) is 48.8 Å². The van der Waals surface area contributed by atoms with E-state index >= 15 is 0 Å². The summed E-state index contributed by atoms with van der Waals surface area (Å²) < 4.78 is 0. The van der Waals surface area contributed by atoms with Gasteiger partial charge in [0.15, 0.2) is 0 Å². The lowest BCUT2D eigenvalue weighted by molar-refractivity contribution is -0.163. The molecule has 5 N–H and O–H groups in total. The van der Waals surface area contributed by atoms with Gasteiger partial charge in [-0.05, 0) is 19.8 Å². The Morgan fingerprint density at radius 1 is 1.24 bits per heavy atom. The van der Waals surface area contributed by atoms with Crippen molar-refractivity contribution < 1.29 is 29.4 Å². The molecule has 11 nitrogen and oxygen atoms in total. The fourth-order valence-electron chi connectivity index (χ4n) is 5.63. The lowest BCUT2D eigenvalue weighted by Crippen LogP contribution is -2.63. The number of carbonyl (C=O) groups excluding carboxylic acids is 3. The van der Waals surface area contributed by atoms with Crippen LogP contribution in [-0.2, 0) is 19.2 Å². The van der Waals surface area contributed by atoms with Crippen LogP contribution in [0.25, 0.3) is 0 Å². The molecule has 0 spiro atoms. The zero-order valence-corrected chi connectivity index (χ0v) is 20.3. The van der Waals surface area contributed by atoms with Crippen LogP contribution >= 0.6 is 11.8 Å². The van der Waals surface area contributed by atoms with Crippen LogP contribution in [0.4, 0.5) is 0 Å². The van der Waals surface area contributed by atoms with Gasteiger partial charge in [-0.3, -0.25) is 19.3 Å². The molecule has 6 atom stereocenters. The molecule has 0 bridgehead atoms. The topological polar surface area (TPSA) is 157 Å². The van der Waals surface area contributed by atoms with Crippen molar-refractivity contribution in [3.8, 4) is 0 Å². The second-order valence-corrected chi connectivity index (χ2v) is 11.0. The average molecular weight is 496 g/mol. The van der Waals surface area contributed by atoms with Crippen LogP contribution in [-0.4, -0.2) is 111 Å². The molecule has 0 aromatic rings. The number of thioether (sulfide) groups is 1. The van der Waals surface area contributed by atoms with Crippen LogP contribution in [0.3, 0.4) is 0 Å². The molecule has 3 amide bonds. The van der Waals surface area contributed by atoms with Crippen LogP contribution in [0.2, 0.25) is 0 Å². The Balaban J connectivity index is 1.38. The lowest BCUT2D eigenvalue weighted by atomic mass is 9.79. The molecule has 3 saturated heterocycles. The molecule has 4 aliphatic heterocycles. The number of amides is 3. The molecule has 34 heavy (non-hydrogen) atoms. The van der Waals surface area contributed by atoms with Crippen molar-refractivity contribution in [1.82, 2.24) is 20.0 Å². The minimum absolute atomic E-state index is 0.00195. The van der Waals surface area contributed by atoms with Gasteiger partial charge in [-0.2, -0.15) is 0 Å². The van der Waals surface area contributed by atoms with Gasteiger partial charge in [0.2, 0.25) is 17.7 Å². The summed E-state index contributed by atoms with van der Waals surface area (Å²) in [4.78, 5) is 54.6. The molecule has 0 aliphatic carbocycles. The van der Waals surface area contributed by atoms with E-state index < -0.39 is 18.0 Å². The van der Waals surface area contributed by atoms with Gasteiger partial charge in [-0.1, -0.05) is 6.92 Å². The van der Waals surface area contributed by atoms with E-state index in [1.165, 1.54) is 16.7 Å². The summed E-state index contributed by atoms with van der Waals surface area (Å²) in [7, 11) is 0. The maximum Gasteiger partial charge on any atom is 0.353 e. The Labute approximate surface area is 202 Å². The van der Waals surface area contributed by atoms with Crippen LogP contribution in [0.1, 0.15) is 26.7 Å². The standard InChI is InChI=1S/C22H33N5O6S/c1-11-17-16(12(2)28)21(31)27(17)18(22(32)33)19(11)34-13-8-14(24-9-13)20(30)26-5-3-4-25(6-7-26)10-15(23)29/h11-14,16-17,24,28H,3-10H2,1-2H3,(H2,23,29)(H,32,33)/t11-,12-,13+,14+,16-,17-/m1/s1. The Bertz CT molecular complexity index is 910.